The molecule has 3 aromatic carbocycles. The second kappa shape index (κ2) is 10.8. The quantitative estimate of drug-likeness (QED) is 0.326. The van der Waals surface area contributed by atoms with Gasteiger partial charge in [0.05, 0.1) is 4.90 Å². The van der Waals surface area contributed by atoms with E-state index in [-0.39, 0.29) is 11.8 Å². The van der Waals surface area contributed by atoms with E-state index in [1.54, 1.807) is 34.6 Å². The molecule has 1 saturated carbocycles. The fraction of sp³-hybridized carbons (Fsp3) is 0.296. The molecule has 0 radical (unpaired) electrons. The van der Waals surface area contributed by atoms with Crippen LogP contribution in [0.5, 0.6) is 0 Å². The molecule has 0 bridgehead atoms. The minimum absolute atomic E-state index is 0.0293. The Morgan fingerprint density at radius 1 is 0.848 bits per heavy atom. The third kappa shape index (κ3) is 5.81. The van der Waals surface area contributed by atoms with E-state index >= 15 is 0 Å². The zero-order valence-electron chi connectivity index (χ0n) is 18.5. The van der Waals surface area contributed by atoms with Gasteiger partial charge in [0.1, 0.15) is 0 Å². The molecule has 0 saturated heterocycles. The number of halogens is 1. The first-order valence-corrected chi connectivity index (χ1v) is 13.6. The number of benzene rings is 3. The highest BCUT2D eigenvalue weighted by atomic mass is 79.9. The Labute approximate surface area is 204 Å². The van der Waals surface area contributed by atoms with Gasteiger partial charge >= 0.3 is 0 Å². The number of hydrogen-bond acceptors (Lipinski definition) is 3. The van der Waals surface area contributed by atoms with E-state index in [2.05, 4.69) is 15.9 Å². The van der Waals surface area contributed by atoms with Crippen LogP contribution in [0.2, 0.25) is 0 Å². The van der Waals surface area contributed by atoms with Gasteiger partial charge in [-0.15, -0.1) is 0 Å². The summed E-state index contributed by atoms with van der Waals surface area (Å²) in [6.45, 7) is 0.431. The van der Waals surface area contributed by atoms with Crippen LogP contribution in [0.1, 0.15) is 53.6 Å². The first-order valence-electron chi connectivity index (χ1n) is 11.4. The standard InChI is InChI=1S/C27H28BrNO3S/c28-24-9-7-8-23(20-24)27(30)22-16-14-21(15-17-22)18-19-29(25-10-3-1-4-11-25)33(31,32)26-12-5-2-6-13-26/h2,5-9,12-17,20,25H,1,3-4,10-11,18-19H2. The molecule has 0 unspecified atom stereocenters. The van der Waals surface area contributed by atoms with E-state index in [0.29, 0.717) is 29.0 Å². The van der Waals surface area contributed by atoms with Crippen LogP contribution >= 0.6 is 15.9 Å². The molecule has 33 heavy (non-hydrogen) atoms. The van der Waals surface area contributed by atoms with Crippen molar-refractivity contribution in [3.63, 3.8) is 0 Å². The monoisotopic (exact) mass is 525 g/mol. The van der Waals surface area contributed by atoms with Gasteiger partial charge in [-0.25, -0.2) is 8.42 Å². The Bertz CT molecular complexity index is 1190. The van der Waals surface area contributed by atoms with Gasteiger partial charge < -0.3 is 0 Å². The lowest BCUT2D eigenvalue weighted by atomic mass is 9.95. The molecule has 0 amide bonds. The van der Waals surface area contributed by atoms with Crippen LogP contribution in [-0.2, 0) is 16.4 Å². The highest BCUT2D eigenvalue weighted by molar-refractivity contribution is 9.10. The Morgan fingerprint density at radius 2 is 1.55 bits per heavy atom. The second-order valence-electron chi connectivity index (χ2n) is 8.51. The van der Waals surface area contributed by atoms with Crippen LogP contribution in [0.25, 0.3) is 0 Å². The molecule has 0 heterocycles. The predicted molar refractivity (Wildman–Crippen MR) is 135 cm³/mol. The van der Waals surface area contributed by atoms with Gasteiger partial charge in [0.15, 0.2) is 5.78 Å². The molecule has 4 nitrogen and oxygen atoms in total. The molecule has 172 valence electrons. The Hall–Kier alpha value is -2.28. The van der Waals surface area contributed by atoms with Crippen LogP contribution < -0.4 is 0 Å². The van der Waals surface area contributed by atoms with Crippen LogP contribution in [0.3, 0.4) is 0 Å². The highest BCUT2D eigenvalue weighted by Crippen LogP contribution is 2.28. The van der Waals surface area contributed by atoms with Crippen molar-refractivity contribution in [1.29, 1.82) is 0 Å². The van der Waals surface area contributed by atoms with Crippen molar-refractivity contribution in [2.45, 2.75) is 49.5 Å². The SMILES string of the molecule is O=C(c1ccc(CCN(C2CCCCC2)S(=O)(=O)c2ccccc2)cc1)c1cccc(Br)c1. The van der Waals surface area contributed by atoms with Crippen molar-refractivity contribution in [3.8, 4) is 0 Å². The summed E-state index contributed by atoms with van der Waals surface area (Å²) in [5.41, 5.74) is 2.28. The summed E-state index contributed by atoms with van der Waals surface area (Å²) < 4.78 is 29.5. The molecule has 0 aliphatic heterocycles. The van der Waals surface area contributed by atoms with Gasteiger partial charge in [-0.05, 0) is 49.1 Å². The van der Waals surface area contributed by atoms with Gasteiger partial charge in [0.25, 0.3) is 0 Å². The van der Waals surface area contributed by atoms with E-state index in [1.807, 2.05) is 48.5 Å². The maximum Gasteiger partial charge on any atom is 0.243 e. The van der Waals surface area contributed by atoms with E-state index in [0.717, 1.165) is 35.7 Å². The number of sulfonamides is 1. The second-order valence-corrected chi connectivity index (χ2v) is 11.3. The molecule has 3 aromatic rings. The highest BCUT2D eigenvalue weighted by Gasteiger charge is 2.31. The van der Waals surface area contributed by atoms with E-state index in [1.165, 1.54) is 6.42 Å². The number of hydrogen-bond donors (Lipinski definition) is 0. The normalized spacial score (nSPS) is 15.0. The maximum absolute atomic E-state index is 13.5. The zero-order valence-corrected chi connectivity index (χ0v) is 20.9. The summed E-state index contributed by atoms with van der Waals surface area (Å²) in [5, 5.41) is 0. The van der Waals surface area contributed by atoms with Crippen molar-refractivity contribution in [2.24, 2.45) is 0 Å². The average molecular weight is 526 g/mol. The molecule has 1 aliphatic rings. The fourth-order valence-corrected chi connectivity index (χ4v) is 6.56. The summed E-state index contributed by atoms with van der Waals surface area (Å²) in [6, 6.07) is 23.6. The summed E-state index contributed by atoms with van der Waals surface area (Å²) in [4.78, 5) is 13.1. The van der Waals surface area contributed by atoms with E-state index in [4.69, 9.17) is 0 Å². The fourth-order valence-electron chi connectivity index (χ4n) is 4.45. The number of carbonyl (C=O) groups excluding carboxylic acids is 1. The predicted octanol–water partition coefficient (Wildman–Crippen LogP) is 6.25. The van der Waals surface area contributed by atoms with Gasteiger partial charge in [-0.1, -0.05) is 89.8 Å². The Morgan fingerprint density at radius 3 is 2.21 bits per heavy atom. The summed E-state index contributed by atoms with van der Waals surface area (Å²) in [6.07, 6.45) is 5.73. The smallest absolute Gasteiger partial charge is 0.243 e. The molecule has 6 heteroatoms. The van der Waals surface area contributed by atoms with Crippen LogP contribution in [-0.4, -0.2) is 31.1 Å². The summed E-state index contributed by atoms with van der Waals surface area (Å²) in [5.74, 6) is -0.0293. The molecular weight excluding hydrogens is 498 g/mol. The minimum atomic E-state index is -3.56. The zero-order chi connectivity index (χ0) is 23.3. The summed E-state index contributed by atoms with van der Waals surface area (Å²) in [7, 11) is -3.56. The average Bonchev–Trinajstić information content (AvgIpc) is 2.85. The summed E-state index contributed by atoms with van der Waals surface area (Å²) >= 11 is 3.41. The molecule has 0 atom stereocenters. The topological polar surface area (TPSA) is 54.5 Å². The molecule has 0 spiro atoms. The lowest BCUT2D eigenvalue weighted by Gasteiger charge is -2.33. The molecule has 1 aliphatic carbocycles. The molecular formula is C27H28BrNO3S. The van der Waals surface area contributed by atoms with Gasteiger partial charge in [-0.3, -0.25) is 4.79 Å². The van der Waals surface area contributed by atoms with Crippen LogP contribution in [0.15, 0.2) is 88.2 Å². The lowest BCUT2D eigenvalue weighted by Crippen LogP contribution is -2.42. The Balaban J connectivity index is 1.50. The number of ketones is 1. The number of nitrogens with zero attached hydrogens (tertiary/aromatic N) is 1. The minimum Gasteiger partial charge on any atom is -0.289 e. The van der Waals surface area contributed by atoms with Crippen molar-refractivity contribution < 1.29 is 13.2 Å². The first kappa shape index (κ1) is 23.9. The van der Waals surface area contributed by atoms with Crippen molar-refractivity contribution in [3.05, 3.63) is 100 Å². The van der Waals surface area contributed by atoms with Crippen LogP contribution in [0, 0.1) is 0 Å². The van der Waals surface area contributed by atoms with Gasteiger partial charge in [0, 0.05) is 28.2 Å². The lowest BCUT2D eigenvalue weighted by molar-refractivity contribution is 0.103. The number of carbonyl (C=O) groups is 1. The number of rotatable bonds is 8. The molecule has 0 N–H and O–H groups in total. The van der Waals surface area contributed by atoms with E-state index in [9.17, 15) is 13.2 Å². The largest absolute Gasteiger partial charge is 0.289 e. The molecule has 4 rings (SSSR count). The van der Waals surface area contributed by atoms with Gasteiger partial charge in [0.2, 0.25) is 10.0 Å². The van der Waals surface area contributed by atoms with Crippen molar-refractivity contribution in [1.82, 2.24) is 4.31 Å². The maximum atomic E-state index is 13.5. The van der Waals surface area contributed by atoms with Gasteiger partial charge in [-0.2, -0.15) is 4.31 Å². The van der Waals surface area contributed by atoms with E-state index < -0.39 is 10.0 Å². The third-order valence-electron chi connectivity index (χ3n) is 6.26. The van der Waals surface area contributed by atoms with Crippen LogP contribution in [0.4, 0.5) is 0 Å². The third-order valence-corrected chi connectivity index (χ3v) is 8.71. The first-order chi connectivity index (χ1) is 15.9. The Kier molecular flexibility index (Phi) is 7.78. The van der Waals surface area contributed by atoms with Crippen molar-refractivity contribution in [2.75, 3.05) is 6.54 Å². The molecule has 1 fully saturated rings. The molecule has 0 aromatic heterocycles. The van der Waals surface area contributed by atoms with Crippen molar-refractivity contribution >= 4 is 31.7 Å².